The molecule has 1 aromatic carbocycles. The van der Waals surface area contributed by atoms with E-state index in [4.69, 9.17) is 0 Å². The summed E-state index contributed by atoms with van der Waals surface area (Å²) in [6.07, 6.45) is 5.36. The second kappa shape index (κ2) is 5.83. The molecular formula is C14H20BrN. The van der Waals surface area contributed by atoms with Crippen LogP contribution in [-0.4, -0.2) is 6.54 Å². The molecule has 1 nitrogen and oxygen atoms in total. The molecule has 0 aromatic heterocycles. The van der Waals surface area contributed by atoms with E-state index in [-0.39, 0.29) is 0 Å². The monoisotopic (exact) mass is 281 g/mol. The maximum Gasteiger partial charge on any atom is 0.0359 e. The fourth-order valence-corrected chi connectivity index (χ4v) is 2.86. The van der Waals surface area contributed by atoms with Crippen molar-refractivity contribution in [2.75, 3.05) is 6.54 Å². The Morgan fingerprint density at radius 2 is 2.12 bits per heavy atom. The first kappa shape index (κ1) is 12.1. The van der Waals surface area contributed by atoms with E-state index < -0.39 is 0 Å². The Kier molecular flexibility index (Phi) is 4.42. The lowest BCUT2D eigenvalue weighted by molar-refractivity contribution is 0.230. The van der Waals surface area contributed by atoms with Gasteiger partial charge in [-0.2, -0.15) is 0 Å². The lowest BCUT2D eigenvalue weighted by Gasteiger charge is -2.35. The molecule has 1 aliphatic carbocycles. The van der Waals surface area contributed by atoms with Gasteiger partial charge in [0.05, 0.1) is 0 Å². The molecule has 1 aromatic rings. The van der Waals surface area contributed by atoms with E-state index in [1.165, 1.54) is 35.7 Å². The Morgan fingerprint density at radius 1 is 1.38 bits per heavy atom. The average molecular weight is 282 g/mol. The van der Waals surface area contributed by atoms with Gasteiger partial charge in [0.25, 0.3) is 0 Å². The number of nitrogens with one attached hydrogen (secondary N) is 1. The molecule has 0 heterocycles. The van der Waals surface area contributed by atoms with Crippen LogP contribution in [0.2, 0.25) is 0 Å². The summed E-state index contributed by atoms with van der Waals surface area (Å²) in [5.74, 6) is 0.838. The first-order chi connectivity index (χ1) is 7.83. The Hall–Kier alpha value is -0.340. The van der Waals surface area contributed by atoms with Gasteiger partial charge in [0.2, 0.25) is 0 Å². The fourth-order valence-electron chi connectivity index (χ4n) is 2.33. The minimum atomic E-state index is 0.546. The summed E-state index contributed by atoms with van der Waals surface area (Å²) in [4.78, 5) is 0. The summed E-state index contributed by atoms with van der Waals surface area (Å²) in [7, 11) is 0. The highest BCUT2D eigenvalue weighted by molar-refractivity contribution is 9.10. The standard InChI is InChI=1S/C14H20BrN/c1-2-10-16-14(11-6-5-7-11)12-8-3-4-9-13(12)15/h3-4,8-9,11,14,16H,2,5-7,10H2,1H3. The molecule has 0 spiro atoms. The third kappa shape index (κ3) is 2.67. The molecule has 0 amide bonds. The van der Waals surface area contributed by atoms with Crippen LogP contribution < -0.4 is 5.32 Å². The van der Waals surface area contributed by atoms with Gasteiger partial charge in [-0.25, -0.2) is 0 Å². The minimum Gasteiger partial charge on any atom is -0.310 e. The molecule has 1 saturated carbocycles. The van der Waals surface area contributed by atoms with Crippen molar-refractivity contribution >= 4 is 15.9 Å². The highest BCUT2D eigenvalue weighted by atomic mass is 79.9. The molecule has 88 valence electrons. The second-order valence-electron chi connectivity index (χ2n) is 4.64. The van der Waals surface area contributed by atoms with E-state index in [9.17, 15) is 0 Å². The smallest absolute Gasteiger partial charge is 0.0359 e. The molecule has 0 saturated heterocycles. The topological polar surface area (TPSA) is 12.0 Å². The number of rotatable bonds is 5. The predicted octanol–water partition coefficient (Wildman–Crippen LogP) is 4.29. The van der Waals surface area contributed by atoms with Crippen LogP contribution in [0, 0.1) is 5.92 Å². The van der Waals surface area contributed by atoms with Crippen molar-refractivity contribution in [2.45, 2.75) is 38.6 Å². The van der Waals surface area contributed by atoms with E-state index in [0.29, 0.717) is 6.04 Å². The lowest BCUT2D eigenvalue weighted by Crippen LogP contribution is -2.32. The van der Waals surface area contributed by atoms with Crippen molar-refractivity contribution in [1.29, 1.82) is 0 Å². The van der Waals surface area contributed by atoms with Gasteiger partial charge in [-0.1, -0.05) is 47.5 Å². The summed E-state index contributed by atoms with van der Waals surface area (Å²) in [6, 6.07) is 9.17. The van der Waals surface area contributed by atoms with Crippen LogP contribution >= 0.6 is 15.9 Å². The zero-order valence-electron chi connectivity index (χ0n) is 9.88. The maximum atomic E-state index is 3.70. The van der Waals surface area contributed by atoms with Gasteiger partial charge in [0.1, 0.15) is 0 Å². The van der Waals surface area contributed by atoms with Crippen molar-refractivity contribution in [3.05, 3.63) is 34.3 Å². The van der Waals surface area contributed by atoms with Gasteiger partial charge in [0.15, 0.2) is 0 Å². The lowest BCUT2D eigenvalue weighted by atomic mass is 9.77. The zero-order chi connectivity index (χ0) is 11.4. The minimum absolute atomic E-state index is 0.546. The second-order valence-corrected chi connectivity index (χ2v) is 5.50. The van der Waals surface area contributed by atoms with Crippen LogP contribution in [0.25, 0.3) is 0 Å². The molecule has 2 rings (SSSR count). The van der Waals surface area contributed by atoms with Crippen LogP contribution in [0.4, 0.5) is 0 Å². The molecule has 2 heteroatoms. The van der Waals surface area contributed by atoms with Crippen molar-refractivity contribution in [2.24, 2.45) is 5.92 Å². The summed E-state index contributed by atoms with van der Waals surface area (Å²) < 4.78 is 1.25. The maximum absolute atomic E-state index is 3.70. The average Bonchev–Trinajstić information content (AvgIpc) is 2.22. The largest absolute Gasteiger partial charge is 0.310 e. The molecule has 1 atom stereocenters. The molecule has 1 N–H and O–H groups in total. The number of benzene rings is 1. The first-order valence-electron chi connectivity index (χ1n) is 6.30. The predicted molar refractivity (Wildman–Crippen MR) is 72.5 cm³/mol. The van der Waals surface area contributed by atoms with E-state index in [0.717, 1.165) is 12.5 Å². The quantitative estimate of drug-likeness (QED) is 0.849. The summed E-state index contributed by atoms with van der Waals surface area (Å²) in [5.41, 5.74) is 1.43. The van der Waals surface area contributed by atoms with Crippen molar-refractivity contribution in [1.82, 2.24) is 5.32 Å². The molecule has 1 unspecified atom stereocenters. The van der Waals surface area contributed by atoms with Gasteiger partial charge in [-0.05, 0) is 43.4 Å². The van der Waals surface area contributed by atoms with Crippen LogP contribution in [0.3, 0.4) is 0 Å². The summed E-state index contributed by atoms with van der Waals surface area (Å²) >= 11 is 3.67. The zero-order valence-corrected chi connectivity index (χ0v) is 11.5. The Morgan fingerprint density at radius 3 is 2.69 bits per heavy atom. The molecular weight excluding hydrogens is 262 g/mol. The molecule has 0 bridgehead atoms. The number of halogens is 1. The molecule has 1 aliphatic rings. The van der Waals surface area contributed by atoms with Crippen molar-refractivity contribution < 1.29 is 0 Å². The van der Waals surface area contributed by atoms with Crippen LogP contribution in [0.1, 0.15) is 44.2 Å². The van der Waals surface area contributed by atoms with Gasteiger partial charge in [-0.3, -0.25) is 0 Å². The van der Waals surface area contributed by atoms with Crippen LogP contribution in [-0.2, 0) is 0 Å². The van der Waals surface area contributed by atoms with Gasteiger partial charge in [-0.15, -0.1) is 0 Å². The highest BCUT2D eigenvalue weighted by Crippen LogP contribution is 2.39. The Bertz CT molecular complexity index is 333. The van der Waals surface area contributed by atoms with Crippen molar-refractivity contribution in [3.8, 4) is 0 Å². The third-order valence-electron chi connectivity index (χ3n) is 3.48. The van der Waals surface area contributed by atoms with Gasteiger partial charge >= 0.3 is 0 Å². The normalized spacial score (nSPS) is 18.1. The van der Waals surface area contributed by atoms with Crippen LogP contribution in [0.15, 0.2) is 28.7 Å². The van der Waals surface area contributed by atoms with E-state index in [1.54, 1.807) is 0 Å². The summed E-state index contributed by atoms with van der Waals surface area (Å²) in [6.45, 7) is 3.34. The highest BCUT2D eigenvalue weighted by Gasteiger charge is 2.28. The van der Waals surface area contributed by atoms with E-state index in [1.807, 2.05) is 0 Å². The van der Waals surface area contributed by atoms with Gasteiger partial charge < -0.3 is 5.32 Å². The molecule has 0 radical (unpaired) electrons. The van der Waals surface area contributed by atoms with E-state index in [2.05, 4.69) is 52.4 Å². The SMILES string of the molecule is CCCNC(c1ccccc1Br)C1CCC1. The first-order valence-corrected chi connectivity index (χ1v) is 7.10. The molecule has 1 fully saturated rings. The number of hydrogen-bond acceptors (Lipinski definition) is 1. The van der Waals surface area contributed by atoms with E-state index >= 15 is 0 Å². The Labute approximate surface area is 107 Å². The summed E-state index contributed by atoms with van der Waals surface area (Å²) in [5, 5.41) is 3.70. The van der Waals surface area contributed by atoms with Crippen molar-refractivity contribution in [3.63, 3.8) is 0 Å². The number of hydrogen-bond donors (Lipinski definition) is 1. The van der Waals surface area contributed by atoms with Crippen LogP contribution in [0.5, 0.6) is 0 Å². The fraction of sp³-hybridized carbons (Fsp3) is 0.571. The Balaban J connectivity index is 2.13. The molecule has 0 aliphatic heterocycles. The molecule has 16 heavy (non-hydrogen) atoms. The third-order valence-corrected chi connectivity index (χ3v) is 4.20. The van der Waals surface area contributed by atoms with Gasteiger partial charge in [0, 0.05) is 10.5 Å².